The van der Waals surface area contributed by atoms with Crippen molar-refractivity contribution >= 4 is 33.0 Å². The number of hydrogen-bond acceptors (Lipinski definition) is 5. The fourth-order valence-electron chi connectivity index (χ4n) is 1.65. The van der Waals surface area contributed by atoms with Crippen LogP contribution in [0, 0.1) is 0 Å². The van der Waals surface area contributed by atoms with Gasteiger partial charge in [-0.25, -0.2) is 13.4 Å². The fraction of sp³-hybridized carbons (Fsp3) is 0.231. The van der Waals surface area contributed by atoms with Crippen molar-refractivity contribution in [2.75, 3.05) is 5.32 Å². The minimum atomic E-state index is -5.20. The van der Waals surface area contributed by atoms with Gasteiger partial charge in [0.05, 0.1) is 15.6 Å². The van der Waals surface area contributed by atoms with Crippen molar-refractivity contribution in [1.29, 1.82) is 0 Å². The van der Waals surface area contributed by atoms with E-state index >= 15 is 0 Å². The first kappa shape index (κ1) is 19.2. The second kappa shape index (κ2) is 6.32. The number of rotatable bonds is 4. The van der Waals surface area contributed by atoms with E-state index in [1.807, 2.05) is 5.32 Å². The lowest BCUT2D eigenvalue weighted by atomic mass is 10.1. The van der Waals surface area contributed by atoms with E-state index < -0.39 is 27.5 Å². The Balaban J connectivity index is 2.31. The van der Waals surface area contributed by atoms with E-state index in [1.165, 1.54) is 12.4 Å². The number of nitrogens with one attached hydrogen (secondary N) is 2. The maximum Gasteiger partial charge on any atom is 0.426 e. The van der Waals surface area contributed by atoms with E-state index in [4.69, 9.17) is 11.6 Å². The topological polar surface area (TPSA) is 112 Å². The number of aromatic amines is 1. The Hall–Kier alpha value is -2.11. The second-order valence-electron chi connectivity index (χ2n) is 5.06. The molecule has 12 heteroatoms. The minimum Gasteiger partial charge on any atom is -0.373 e. The van der Waals surface area contributed by atoms with Gasteiger partial charge in [-0.1, -0.05) is 11.6 Å². The van der Waals surface area contributed by atoms with Crippen LogP contribution in [-0.4, -0.2) is 41.2 Å². The Bertz CT molecular complexity index is 896. The number of amides is 1. The summed E-state index contributed by atoms with van der Waals surface area (Å²) in [4.78, 5) is 17.4. The summed E-state index contributed by atoms with van der Waals surface area (Å²) in [6.45, 7) is 0.284. The van der Waals surface area contributed by atoms with E-state index in [1.54, 1.807) is 0 Å². The molecule has 1 atom stereocenters. The number of carbonyl (C=O) groups excluding carboxylic acids is 1. The lowest BCUT2D eigenvalue weighted by Gasteiger charge is -2.25. The predicted molar refractivity (Wildman–Crippen MR) is 80.8 cm³/mol. The molecule has 0 saturated carbocycles. The zero-order valence-electron chi connectivity index (χ0n) is 12.4. The summed E-state index contributed by atoms with van der Waals surface area (Å²) in [6.07, 6.45) is -2.68. The van der Waals surface area contributed by atoms with Gasteiger partial charge in [0.15, 0.2) is 0 Å². The highest BCUT2D eigenvalue weighted by Gasteiger charge is 2.55. The average molecular weight is 398 g/mol. The van der Waals surface area contributed by atoms with Gasteiger partial charge in [-0.2, -0.15) is 13.2 Å². The number of aromatic nitrogens is 2. The van der Waals surface area contributed by atoms with Gasteiger partial charge < -0.3 is 15.4 Å². The van der Waals surface area contributed by atoms with Crippen LogP contribution in [0.1, 0.15) is 6.92 Å². The van der Waals surface area contributed by atoms with Gasteiger partial charge in [0.25, 0.3) is 5.91 Å². The number of anilines is 1. The predicted octanol–water partition coefficient (Wildman–Crippen LogP) is 2.15. The summed E-state index contributed by atoms with van der Waals surface area (Å²) >= 11 is 5.83. The van der Waals surface area contributed by atoms with Gasteiger partial charge in [-0.3, -0.25) is 4.79 Å². The number of alkyl halides is 3. The smallest absolute Gasteiger partial charge is 0.373 e. The highest BCUT2D eigenvalue weighted by molar-refractivity contribution is 7.91. The molecular weight excluding hydrogens is 387 g/mol. The first-order valence-electron chi connectivity index (χ1n) is 6.52. The van der Waals surface area contributed by atoms with Crippen molar-refractivity contribution in [3.05, 3.63) is 35.6 Å². The normalized spacial score (nSPS) is 14.8. The first-order valence-corrected chi connectivity index (χ1v) is 8.38. The largest absolute Gasteiger partial charge is 0.426 e. The Morgan fingerprint density at radius 1 is 1.36 bits per heavy atom. The number of benzene rings is 1. The maximum atomic E-state index is 12.6. The highest BCUT2D eigenvalue weighted by Crippen LogP contribution is 2.33. The number of carbonyl (C=O) groups is 1. The van der Waals surface area contributed by atoms with Crippen molar-refractivity contribution in [3.8, 4) is 0 Å². The molecule has 2 rings (SSSR count). The number of aliphatic hydroxyl groups is 1. The summed E-state index contributed by atoms with van der Waals surface area (Å²) in [5.41, 5.74) is -3.94. The molecule has 0 fully saturated rings. The van der Waals surface area contributed by atoms with Crippen LogP contribution in [0.5, 0.6) is 0 Å². The van der Waals surface area contributed by atoms with Crippen LogP contribution in [0.15, 0.2) is 40.6 Å². The van der Waals surface area contributed by atoms with Crippen LogP contribution in [0.4, 0.5) is 18.9 Å². The minimum absolute atomic E-state index is 0.284. The molecule has 0 bridgehead atoms. The van der Waals surface area contributed by atoms with Gasteiger partial charge in [0.1, 0.15) is 0 Å². The molecule has 25 heavy (non-hydrogen) atoms. The van der Waals surface area contributed by atoms with Crippen molar-refractivity contribution in [3.63, 3.8) is 0 Å². The van der Waals surface area contributed by atoms with Crippen LogP contribution in [-0.2, 0) is 14.6 Å². The Morgan fingerprint density at radius 3 is 2.48 bits per heavy atom. The number of sulfone groups is 1. The monoisotopic (exact) mass is 397 g/mol. The van der Waals surface area contributed by atoms with E-state index in [0.717, 1.165) is 18.2 Å². The van der Waals surface area contributed by atoms with Crippen molar-refractivity contribution in [2.45, 2.75) is 28.8 Å². The molecule has 0 aliphatic heterocycles. The molecule has 7 nitrogen and oxygen atoms in total. The zero-order valence-corrected chi connectivity index (χ0v) is 14.0. The molecule has 0 unspecified atom stereocenters. The third-order valence-corrected chi connectivity index (χ3v) is 5.14. The molecule has 0 aliphatic carbocycles. The fourth-order valence-corrected chi connectivity index (χ4v) is 3.11. The molecule has 1 heterocycles. The summed E-state index contributed by atoms with van der Waals surface area (Å²) in [5.74, 6) is -1.76. The number of halogens is 4. The molecule has 0 aliphatic rings. The Labute approximate surface area is 144 Å². The highest BCUT2D eigenvalue weighted by atomic mass is 35.5. The molecule has 0 saturated heterocycles. The van der Waals surface area contributed by atoms with E-state index in [2.05, 4.69) is 9.97 Å². The summed E-state index contributed by atoms with van der Waals surface area (Å²) < 4.78 is 62.4. The van der Waals surface area contributed by atoms with E-state index in [0.29, 0.717) is 0 Å². The standard InChI is InChI=1S/C13H11ClF3N3O4S/c1-12(22,13(15,16)17)10(21)20-9-3-2-7(6-8(9)14)25(23,24)11-18-4-5-19-11/h2-6,22H,1H3,(H,18,19)(H,20,21)/t12-/m1/s1. The molecule has 0 spiro atoms. The Morgan fingerprint density at radius 2 is 2.00 bits per heavy atom. The summed E-state index contributed by atoms with van der Waals surface area (Å²) in [6, 6.07) is 2.97. The number of H-pyrrole nitrogens is 1. The third kappa shape index (κ3) is 3.62. The van der Waals surface area contributed by atoms with Gasteiger partial charge in [-0.05, 0) is 25.1 Å². The second-order valence-corrected chi connectivity index (χ2v) is 7.34. The van der Waals surface area contributed by atoms with Gasteiger partial charge in [0, 0.05) is 12.4 Å². The number of imidazole rings is 1. The lowest BCUT2D eigenvalue weighted by molar-refractivity contribution is -0.242. The van der Waals surface area contributed by atoms with Crippen LogP contribution in [0.2, 0.25) is 5.02 Å². The Kier molecular flexibility index (Phi) is 4.86. The molecule has 136 valence electrons. The van der Waals surface area contributed by atoms with Gasteiger partial charge >= 0.3 is 6.18 Å². The maximum absolute atomic E-state index is 12.6. The van der Waals surface area contributed by atoms with E-state index in [9.17, 15) is 31.5 Å². The molecule has 1 amide bonds. The van der Waals surface area contributed by atoms with E-state index in [-0.39, 0.29) is 27.7 Å². The van der Waals surface area contributed by atoms with Crippen LogP contribution in [0.3, 0.4) is 0 Å². The molecule has 2 aromatic rings. The number of hydrogen-bond donors (Lipinski definition) is 3. The van der Waals surface area contributed by atoms with Crippen molar-refractivity contribution in [1.82, 2.24) is 9.97 Å². The summed E-state index contributed by atoms with van der Waals surface area (Å²) in [7, 11) is -4.01. The van der Waals surface area contributed by atoms with Crippen molar-refractivity contribution < 1.29 is 31.5 Å². The van der Waals surface area contributed by atoms with Crippen molar-refractivity contribution in [2.24, 2.45) is 0 Å². The molecule has 1 aromatic heterocycles. The van der Waals surface area contributed by atoms with Gasteiger partial charge in [-0.15, -0.1) is 0 Å². The van der Waals surface area contributed by atoms with Crippen LogP contribution >= 0.6 is 11.6 Å². The summed E-state index contributed by atoms with van der Waals surface area (Å²) in [5, 5.41) is 10.4. The lowest BCUT2D eigenvalue weighted by Crippen LogP contribution is -2.52. The van der Waals surface area contributed by atoms with Crippen LogP contribution in [0.25, 0.3) is 0 Å². The zero-order chi connectivity index (χ0) is 19.0. The molecule has 0 radical (unpaired) electrons. The average Bonchev–Trinajstić information content (AvgIpc) is 3.02. The first-order chi connectivity index (χ1) is 11.4. The van der Waals surface area contributed by atoms with Gasteiger partial charge in [0.2, 0.25) is 20.6 Å². The van der Waals surface area contributed by atoms with Crippen LogP contribution < -0.4 is 5.32 Å². The molecule has 3 N–H and O–H groups in total. The third-order valence-electron chi connectivity index (χ3n) is 3.22. The molecular formula is C13H11ClF3N3O4S. The SMILES string of the molecule is C[C@@](O)(C(=O)Nc1ccc(S(=O)(=O)c2ncc[nH]2)cc1Cl)C(F)(F)F. The molecule has 1 aromatic carbocycles. The quantitative estimate of drug-likeness (QED) is 0.731. The number of nitrogens with zero attached hydrogens (tertiary/aromatic N) is 1.